The number of aromatic amines is 1. The molecule has 3 rings (SSSR count). The molecule has 1 fully saturated rings. The van der Waals surface area contributed by atoms with E-state index in [2.05, 4.69) is 15.2 Å². The monoisotopic (exact) mass is 307 g/mol. The van der Waals surface area contributed by atoms with Crippen LogP contribution in [0.2, 0.25) is 5.02 Å². The average molecular weight is 308 g/mol. The van der Waals surface area contributed by atoms with Crippen molar-refractivity contribution in [2.24, 2.45) is 27.9 Å². The van der Waals surface area contributed by atoms with Crippen molar-refractivity contribution in [2.75, 3.05) is 0 Å². The van der Waals surface area contributed by atoms with Gasteiger partial charge in [0.15, 0.2) is 17.2 Å². The predicted molar refractivity (Wildman–Crippen MR) is 74.5 cm³/mol. The molecular formula is C12H10ClN5O3. The van der Waals surface area contributed by atoms with Crippen molar-refractivity contribution in [1.82, 2.24) is 4.98 Å². The number of amidine groups is 1. The Hall–Kier alpha value is -2.48. The summed E-state index contributed by atoms with van der Waals surface area (Å²) in [6, 6.07) is 2.97. The fourth-order valence-electron chi connectivity index (χ4n) is 2.35. The number of nitrogens with two attached hydrogens (primary N) is 1. The maximum absolute atomic E-state index is 12.4. The molecule has 0 bridgehead atoms. The van der Waals surface area contributed by atoms with Crippen molar-refractivity contribution >= 4 is 34.3 Å². The number of aromatic nitrogens is 1. The number of hydrogen-bond donors (Lipinski definition) is 3. The molecule has 1 aromatic heterocycles. The molecule has 0 unspecified atom stereocenters. The number of hydrogen-bond acceptors (Lipinski definition) is 6. The fraction of sp³-hybridized carbons (Fsp3) is 0.250. The number of nitrogens with zero attached hydrogens (tertiary/aromatic N) is 2. The van der Waals surface area contributed by atoms with Gasteiger partial charge in [0.1, 0.15) is 0 Å². The highest BCUT2D eigenvalue weighted by Crippen LogP contribution is 2.43. The zero-order chi connectivity index (χ0) is 15.1. The number of fused-ring (bicyclic) bond motifs is 1. The Morgan fingerprint density at radius 1 is 1.48 bits per heavy atom. The van der Waals surface area contributed by atoms with Crippen LogP contribution < -0.4 is 11.6 Å². The zero-order valence-corrected chi connectivity index (χ0v) is 11.3. The summed E-state index contributed by atoms with van der Waals surface area (Å²) in [6.07, 6.45) is 0.537. The number of oxazole rings is 1. The van der Waals surface area contributed by atoms with E-state index in [1.165, 1.54) is 12.1 Å². The van der Waals surface area contributed by atoms with Crippen LogP contribution in [0.5, 0.6) is 0 Å². The number of carbonyl (C=O) groups excluding carboxylic acids is 1. The summed E-state index contributed by atoms with van der Waals surface area (Å²) in [4.78, 5) is 26.0. The largest absolute Gasteiger partial charge is 0.417 e. The van der Waals surface area contributed by atoms with Gasteiger partial charge in [0.2, 0.25) is 0 Å². The van der Waals surface area contributed by atoms with Gasteiger partial charge in [0.25, 0.3) is 0 Å². The van der Waals surface area contributed by atoms with E-state index < -0.39 is 5.76 Å². The number of nitrogens with one attached hydrogen (secondary N) is 2. The second-order valence-electron chi connectivity index (χ2n) is 4.76. The number of carbonyl (C=O) groups is 1. The first kappa shape index (κ1) is 13.5. The van der Waals surface area contributed by atoms with Crippen LogP contribution in [0.4, 0.5) is 0 Å². The van der Waals surface area contributed by atoms with Crippen molar-refractivity contribution < 1.29 is 9.21 Å². The van der Waals surface area contributed by atoms with Crippen LogP contribution in [-0.4, -0.2) is 16.6 Å². The molecule has 0 radical (unpaired) electrons. The molecule has 8 nitrogen and oxygen atoms in total. The summed E-state index contributed by atoms with van der Waals surface area (Å²) < 4.78 is 4.87. The number of rotatable bonds is 3. The van der Waals surface area contributed by atoms with Gasteiger partial charge in [-0.05, 0) is 18.6 Å². The number of ketones is 1. The van der Waals surface area contributed by atoms with E-state index in [1.807, 2.05) is 0 Å². The number of H-pyrrole nitrogens is 1. The summed E-state index contributed by atoms with van der Waals surface area (Å²) in [6.45, 7) is 0. The number of benzene rings is 1. The third-order valence-electron chi connectivity index (χ3n) is 3.47. The molecule has 1 saturated carbocycles. The molecule has 4 N–H and O–H groups in total. The lowest BCUT2D eigenvalue weighted by Gasteiger charge is -2.01. The standard InChI is InChI=1S/C12H10ClN5O3/c13-7-1-4(2-8-10(7)21-12(20)16-8)9(19)5-3-6(5)11(17-14)18-15/h1-2,5-6,14H,3,15H2,(H,16,20)/t5-,6-/m0/s1. The molecule has 1 aromatic carbocycles. The third-order valence-corrected chi connectivity index (χ3v) is 3.75. The Labute approximate surface area is 122 Å². The topological polar surface area (TPSA) is 138 Å². The normalized spacial score (nSPS) is 21.5. The van der Waals surface area contributed by atoms with Crippen molar-refractivity contribution in [2.45, 2.75) is 6.42 Å². The summed E-state index contributed by atoms with van der Waals surface area (Å²) in [5.74, 6) is 3.91. The van der Waals surface area contributed by atoms with Crippen LogP contribution in [-0.2, 0) is 0 Å². The van der Waals surface area contributed by atoms with Crippen LogP contribution in [0, 0.1) is 17.4 Å². The summed E-state index contributed by atoms with van der Waals surface area (Å²) in [5.41, 5.74) is 7.89. The summed E-state index contributed by atoms with van der Waals surface area (Å²) in [5, 5.41) is 6.77. The molecule has 2 atom stereocenters. The highest BCUT2D eigenvalue weighted by molar-refractivity contribution is 6.35. The molecule has 2 aromatic rings. The Morgan fingerprint density at radius 3 is 2.90 bits per heavy atom. The number of Topliss-reactive ketones (excluding diaryl/α,β-unsaturated/α-hetero) is 1. The maximum atomic E-state index is 12.4. The first-order valence-corrected chi connectivity index (χ1v) is 6.44. The lowest BCUT2D eigenvalue weighted by Crippen LogP contribution is -2.09. The second kappa shape index (κ2) is 4.81. The lowest BCUT2D eigenvalue weighted by atomic mass is 10.1. The van der Waals surface area contributed by atoms with Crippen LogP contribution in [0.3, 0.4) is 0 Å². The van der Waals surface area contributed by atoms with Crippen molar-refractivity contribution in [3.8, 4) is 0 Å². The van der Waals surface area contributed by atoms with E-state index >= 15 is 0 Å². The van der Waals surface area contributed by atoms with Gasteiger partial charge in [0.05, 0.1) is 10.5 Å². The van der Waals surface area contributed by atoms with Crippen LogP contribution in [0.15, 0.2) is 31.6 Å². The Balaban J connectivity index is 1.93. The minimum absolute atomic E-state index is 0.150. The lowest BCUT2D eigenvalue weighted by molar-refractivity contribution is 0.0964. The summed E-state index contributed by atoms with van der Waals surface area (Å²) >= 11 is 6.00. The Bertz CT molecular complexity index is 837. The molecule has 1 aliphatic rings. The van der Waals surface area contributed by atoms with Gasteiger partial charge in [0, 0.05) is 17.4 Å². The minimum Gasteiger partial charge on any atom is -0.406 e. The van der Waals surface area contributed by atoms with Crippen molar-refractivity contribution in [1.29, 1.82) is 5.53 Å². The highest BCUT2D eigenvalue weighted by atomic mass is 35.5. The number of hydrazone groups is 1. The molecule has 108 valence electrons. The summed E-state index contributed by atoms with van der Waals surface area (Å²) in [7, 11) is 0. The van der Waals surface area contributed by atoms with Crippen molar-refractivity contribution in [3.63, 3.8) is 0 Å². The van der Waals surface area contributed by atoms with Crippen LogP contribution >= 0.6 is 11.6 Å². The van der Waals surface area contributed by atoms with Gasteiger partial charge in [-0.1, -0.05) is 11.6 Å². The van der Waals surface area contributed by atoms with E-state index in [-0.39, 0.29) is 34.1 Å². The van der Waals surface area contributed by atoms with Gasteiger partial charge < -0.3 is 10.3 Å². The average Bonchev–Trinajstić information content (AvgIpc) is 3.14. The second-order valence-corrected chi connectivity index (χ2v) is 5.17. The molecule has 0 amide bonds. The fourth-order valence-corrected chi connectivity index (χ4v) is 2.61. The van der Waals surface area contributed by atoms with E-state index in [0.717, 1.165) is 0 Å². The van der Waals surface area contributed by atoms with Gasteiger partial charge in [-0.2, -0.15) is 5.10 Å². The van der Waals surface area contributed by atoms with E-state index in [0.29, 0.717) is 17.5 Å². The van der Waals surface area contributed by atoms with Gasteiger partial charge in [-0.25, -0.2) is 10.3 Å². The predicted octanol–water partition coefficient (Wildman–Crippen LogP) is 1.90. The first-order valence-electron chi connectivity index (χ1n) is 6.07. The van der Waals surface area contributed by atoms with E-state index in [1.54, 1.807) is 0 Å². The molecule has 0 aliphatic heterocycles. The van der Waals surface area contributed by atoms with Gasteiger partial charge in [-0.15, -0.1) is 5.11 Å². The Kier molecular flexibility index (Phi) is 3.09. The van der Waals surface area contributed by atoms with Gasteiger partial charge in [-0.3, -0.25) is 9.78 Å². The minimum atomic E-state index is -0.633. The SMILES string of the molecule is N=NC(=NN)[C@H]1C[C@@H]1C(=O)c1cc(Cl)c2oc(=O)[nH]c2c1. The van der Waals surface area contributed by atoms with E-state index in [4.69, 9.17) is 27.4 Å². The van der Waals surface area contributed by atoms with Crippen LogP contribution in [0.25, 0.3) is 11.1 Å². The number of halogens is 1. The molecule has 1 aliphatic carbocycles. The highest BCUT2D eigenvalue weighted by Gasteiger charge is 2.47. The molecule has 21 heavy (non-hydrogen) atoms. The first-order chi connectivity index (χ1) is 10.0. The molecule has 9 heteroatoms. The van der Waals surface area contributed by atoms with Crippen molar-refractivity contribution in [3.05, 3.63) is 33.3 Å². The molecule has 0 saturated heterocycles. The smallest absolute Gasteiger partial charge is 0.406 e. The zero-order valence-electron chi connectivity index (χ0n) is 10.6. The van der Waals surface area contributed by atoms with Crippen LogP contribution in [0.1, 0.15) is 16.8 Å². The quantitative estimate of drug-likeness (QED) is 0.199. The maximum Gasteiger partial charge on any atom is 0.417 e. The molecule has 0 spiro atoms. The third kappa shape index (κ3) is 2.23. The Morgan fingerprint density at radius 2 is 2.24 bits per heavy atom. The molecular weight excluding hydrogens is 298 g/mol. The molecule has 1 heterocycles. The van der Waals surface area contributed by atoms with Gasteiger partial charge >= 0.3 is 5.76 Å². The van der Waals surface area contributed by atoms with E-state index in [9.17, 15) is 9.59 Å².